The summed E-state index contributed by atoms with van der Waals surface area (Å²) >= 11 is 0. The van der Waals surface area contributed by atoms with E-state index in [2.05, 4.69) is 0 Å². The SMILES string of the molecule is CCCC(C(=O)OCC)N1CCC(C)(C(N)=O)C1. The van der Waals surface area contributed by atoms with E-state index in [1.807, 2.05) is 18.7 Å². The molecule has 18 heavy (non-hydrogen) atoms. The van der Waals surface area contributed by atoms with E-state index in [-0.39, 0.29) is 17.9 Å². The van der Waals surface area contributed by atoms with Gasteiger partial charge in [0.15, 0.2) is 0 Å². The van der Waals surface area contributed by atoms with Gasteiger partial charge >= 0.3 is 5.97 Å². The van der Waals surface area contributed by atoms with Gasteiger partial charge in [-0.1, -0.05) is 13.3 Å². The third kappa shape index (κ3) is 3.22. The smallest absolute Gasteiger partial charge is 0.323 e. The van der Waals surface area contributed by atoms with Crippen molar-refractivity contribution in [2.75, 3.05) is 19.7 Å². The van der Waals surface area contributed by atoms with Crippen LogP contribution >= 0.6 is 0 Å². The number of primary amides is 1. The number of hydrogen-bond acceptors (Lipinski definition) is 4. The molecule has 1 heterocycles. The first-order valence-corrected chi connectivity index (χ1v) is 6.65. The van der Waals surface area contributed by atoms with Crippen LogP contribution in [0, 0.1) is 5.41 Å². The summed E-state index contributed by atoms with van der Waals surface area (Å²) in [6.45, 7) is 7.37. The van der Waals surface area contributed by atoms with Crippen molar-refractivity contribution in [1.82, 2.24) is 4.90 Å². The van der Waals surface area contributed by atoms with Crippen LogP contribution in [0.4, 0.5) is 0 Å². The number of nitrogens with zero attached hydrogens (tertiary/aromatic N) is 1. The Morgan fingerprint density at radius 1 is 1.44 bits per heavy atom. The number of hydrogen-bond donors (Lipinski definition) is 1. The molecule has 2 N–H and O–H groups in total. The van der Waals surface area contributed by atoms with Crippen molar-refractivity contribution >= 4 is 11.9 Å². The second-order valence-electron chi connectivity index (χ2n) is 5.20. The summed E-state index contributed by atoms with van der Waals surface area (Å²) < 4.78 is 5.10. The van der Waals surface area contributed by atoms with Crippen LogP contribution in [0.5, 0.6) is 0 Å². The molecular formula is C13H24N2O3. The van der Waals surface area contributed by atoms with Crippen LogP contribution in [0.3, 0.4) is 0 Å². The lowest BCUT2D eigenvalue weighted by Gasteiger charge is -2.27. The van der Waals surface area contributed by atoms with E-state index in [1.54, 1.807) is 6.92 Å². The second-order valence-corrected chi connectivity index (χ2v) is 5.20. The largest absolute Gasteiger partial charge is 0.465 e. The number of amides is 1. The molecule has 1 rings (SSSR count). The van der Waals surface area contributed by atoms with Gasteiger partial charge in [-0.3, -0.25) is 14.5 Å². The maximum absolute atomic E-state index is 11.9. The lowest BCUT2D eigenvalue weighted by molar-refractivity contribution is -0.150. The molecule has 0 aliphatic carbocycles. The molecule has 0 bridgehead atoms. The van der Waals surface area contributed by atoms with Gasteiger partial charge in [0.05, 0.1) is 12.0 Å². The van der Waals surface area contributed by atoms with Crippen molar-refractivity contribution in [3.05, 3.63) is 0 Å². The molecule has 0 aromatic carbocycles. The highest BCUT2D eigenvalue weighted by Crippen LogP contribution is 2.31. The Bertz CT molecular complexity index is 319. The fourth-order valence-electron chi connectivity index (χ4n) is 2.43. The van der Waals surface area contributed by atoms with Crippen LogP contribution in [-0.2, 0) is 14.3 Å². The van der Waals surface area contributed by atoms with Crippen LogP contribution < -0.4 is 5.73 Å². The van der Waals surface area contributed by atoms with Gasteiger partial charge in [-0.25, -0.2) is 0 Å². The van der Waals surface area contributed by atoms with Gasteiger partial charge < -0.3 is 10.5 Å². The Labute approximate surface area is 109 Å². The number of likely N-dealkylation sites (tertiary alicyclic amines) is 1. The standard InChI is InChI=1S/C13H24N2O3/c1-4-6-10(11(16)18-5-2)15-8-7-13(3,9-15)12(14)17/h10H,4-9H2,1-3H3,(H2,14,17). The Balaban J connectivity index is 2.71. The summed E-state index contributed by atoms with van der Waals surface area (Å²) in [6.07, 6.45) is 2.38. The van der Waals surface area contributed by atoms with E-state index in [1.165, 1.54) is 0 Å². The lowest BCUT2D eigenvalue weighted by atomic mass is 9.89. The average Bonchev–Trinajstić information content (AvgIpc) is 2.70. The molecule has 5 heteroatoms. The van der Waals surface area contributed by atoms with Crippen molar-refractivity contribution in [1.29, 1.82) is 0 Å². The zero-order valence-corrected chi connectivity index (χ0v) is 11.6. The minimum Gasteiger partial charge on any atom is -0.465 e. The molecule has 1 aliphatic rings. The molecular weight excluding hydrogens is 232 g/mol. The van der Waals surface area contributed by atoms with E-state index >= 15 is 0 Å². The molecule has 1 aliphatic heterocycles. The first-order chi connectivity index (χ1) is 8.44. The number of ether oxygens (including phenoxy) is 1. The maximum Gasteiger partial charge on any atom is 0.323 e. The minimum absolute atomic E-state index is 0.187. The van der Waals surface area contributed by atoms with Gasteiger partial charge in [0.2, 0.25) is 5.91 Å². The van der Waals surface area contributed by atoms with Crippen molar-refractivity contribution in [2.45, 2.75) is 46.1 Å². The van der Waals surface area contributed by atoms with Crippen molar-refractivity contribution in [2.24, 2.45) is 11.1 Å². The highest BCUT2D eigenvalue weighted by Gasteiger charge is 2.42. The van der Waals surface area contributed by atoms with Gasteiger partial charge in [0.25, 0.3) is 0 Å². The van der Waals surface area contributed by atoms with E-state index < -0.39 is 5.41 Å². The quantitative estimate of drug-likeness (QED) is 0.717. The van der Waals surface area contributed by atoms with Crippen LogP contribution in [0.25, 0.3) is 0 Å². The van der Waals surface area contributed by atoms with Gasteiger partial charge in [-0.2, -0.15) is 0 Å². The molecule has 5 nitrogen and oxygen atoms in total. The normalized spacial score (nSPS) is 25.9. The topological polar surface area (TPSA) is 72.6 Å². The fourth-order valence-corrected chi connectivity index (χ4v) is 2.43. The van der Waals surface area contributed by atoms with Crippen molar-refractivity contribution < 1.29 is 14.3 Å². The maximum atomic E-state index is 11.9. The van der Waals surface area contributed by atoms with Crippen LogP contribution in [0.15, 0.2) is 0 Å². The summed E-state index contributed by atoms with van der Waals surface area (Å²) in [5, 5.41) is 0. The predicted octanol–water partition coefficient (Wildman–Crippen LogP) is 0.915. The number of esters is 1. The van der Waals surface area contributed by atoms with Crippen LogP contribution in [-0.4, -0.2) is 42.5 Å². The minimum atomic E-state index is -0.515. The molecule has 0 saturated carbocycles. The zero-order valence-electron chi connectivity index (χ0n) is 11.6. The van der Waals surface area contributed by atoms with Gasteiger partial charge in [0.1, 0.15) is 6.04 Å². The highest BCUT2D eigenvalue weighted by molar-refractivity contribution is 5.81. The van der Waals surface area contributed by atoms with Crippen LogP contribution in [0.2, 0.25) is 0 Å². The molecule has 1 amide bonds. The van der Waals surface area contributed by atoms with E-state index in [0.29, 0.717) is 19.6 Å². The third-order valence-electron chi connectivity index (χ3n) is 3.66. The molecule has 1 fully saturated rings. The predicted molar refractivity (Wildman–Crippen MR) is 68.8 cm³/mol. The van der Waals surface area contributed by atoms with Gasteiger partial charge in [-0.05, 0) is 26.7 Å². The molecule has 2 unspecified atom stereocenters. The van der Waals surface area contributed by atoms with E-state index in [4.69, 9.17) is 10.5 Å². The third-order valence-corrected chi connectivity index (χ3v) is 3.66. The number of nitrogens with two attached hydrogens (primary N) is 1. The summed E-state index contributed by atoms with van der Waals surface area (Å²) in [4.78, 5) is 25.4. The molecule has 0 aromatic heterocycles. The monoisotopic (exact) mass is 256 g/mol. The van der Waals surface area contributed by atoms with Crippen molar-refractivity contribution in [3.63, 3.8) is 0 Å². The zero-order chi connectivity index (χ0) is 13.8. The molecule has 1 saturated heterocycles. The Morgan fingerprint density at radius 3 is 2.56 bits per heavy atom. The lowest BCUT2D eigenvalue weighted by Crippen LogP contribution is -2.44. The summed E-state index contributed by atoms with van der Waals surface area (Å²) in [5.41, 5.74) is 4.91. The number of carbonyl (C=O) groups is 2. The first-order valence-electron chi connectivity index (χ1n) is 6.65. The second kappa shape index (κ2) is 6.18. The summed E-state index contributed by atoms with van der Waals surface area (Å²) in [6, 6.07) is -0.240. The Kier molecular flexibility index (Phi) is 5.14. The van der Waals surface area contributed by atoms with Gasteiger partial charge in [-0.15, -0.1) is 0 Å². The molecule has 104 valence electrons. The Hall–Kier alpha value is -1.10. The van der Waals surface area contributed by atoms with Crippen LogP contribution in [0.1, 0.15) is 40.0 Å². The van der Waals surface area contributed by atoms with E-state index in [9.17, 15) is 9.59 Å². The molecule has 0 radical (unpaired) electrons. The fraction of sp³-hybridized carbons (Fsp3) is 0.846. The molecule has 2 atom stereocenters. The van der Waals surface area contributed by atoms with Crippen molar-refractivity contribution in [3.8, 4) is 0 Å². The first kappa shape index (κ1) is 15.0. The number of rotatable bonds is 6. The summed E-state index contributed by atoms with van der Waals surface area (Å²) in [5.74, 6) is -0.475. The van der Waals surface area contributed by atoms with E-state index in [0.717, 1.165) is 19.4 Å². The molecule has 0 aromatic rings. The average molecular weight is 256 g/mol. The Morgan fingerprint density at radius 2 is 2.11 bits per heavy atom. The van der Waals surface area contributed by atoms with Gasteiger partial charge in [0, 0.05) is 13.1 Å². The molecule has 0 spiro atoms. The summed E-state index contributed by atoms with van der Waals surface area (Å²) in [7, 11) is 0. The highest BCUT2D eigenvalue weighted by atomic mass is 16.5. The number of carbonyl (C=O) groups excluding carboxylic acids is 2.